The quantitative estimate of drug-likeness (QED) is 0.568. The molecule has 170 valence electrons. The minimum Gasteiger partial charge on any atom is -0.497 e. The molecule has 3 aromatic rings. The Balaban J connectivity index is 1.31. The van der Waals surface area contributed by atoms with E-state index in [-0.39, 0.29) is 18.2 Å². The van der Waals surface area contributed by atoms with E-state index in [9.17, 15) is 9.59 Å². The van der Waals surface area contributed by atoms with Crippen LogP contribution in [0.2, 0.25) is 0 Å². The summed E-state index contributed by atoms with van der Waals surface area (Å²) in [5.74, 6) is 1.77. The van der Waals surface area contributed by atoms with Gasteiger partial charge in [0.2, 0.25) is 17.7 Å². The molecule has 1 atom stereocenters. The lowest BCUT2D eigenvalue weighted by atomic mass is 10.1. The van der Waals surface area contributed by atoms with Gasteiger partial charge in [-0.15, -0.1) is 0 Å². The van der Waals surface area contributed by atoms with E-state index in [1.807, 2.05) is 42.5 Å². The topological polar surface area (TPSA) is 90.0 Å². The molecule has 1 aliphatic rings. The van der Waals surface area contributed by atoms with Crippen LogP contribution in [0.25, 0.3) is 0 Å². The van der Waals surface area contributed by atoms with Crippen LogP contribution in [0.4, 0.5) is 5.69 Å². The molecule has 1 fully saturated rings. The van der Waals surface area contributed by atoms with Crippen molar-refractivity contribution in [3.05, 3.63) is 72.4 Å². The Morgan fingerprint density at radius 1 is 1.03 bits per heavy atom. The van der Waals surface area contributed by atoms with Gasteiger partial charge in [-0.05, 0) is 29.8 Å². The number of nitrogens with zero attached hydrogens (tertiary/aromatic N) is 2. The van der Waals surface area contributed by atoms with Gasteiger partial charge in [0, 0.05) is 49.6 Å². The summed E-state index contributed by atoms with van der Waals surface area (Å²) in [5, 5.41) is 2.90. The number of ether oxygens (including phenoxy) is 3. The number of aromatic nitrogens is 1. The molecule has 0 saturated carbocycles. The van der Waals surface area contributed by atoms with Crippen molar-refractivity contribution in [1.29, 1.82) is 0 Å². The molecule has 1 N–H and O–H groups in total. The summed E-state index contributed by atoms with van der Waals surface area (Å²) in [6.45, 7) is 0.651. The molecule has 4 rings (SSSR count). The highest BCUT2D eigenvalue weighted by atomic mass is 16.5. The van der Waals surface area contributed by atoms with E-state index < -0.39 is 5.92 Å². The maximum atomic E-state index is 12.7. The number of nitrogens with one attached hydrogen (secondary N) is 1. The SMILES string of the molecule is COc1cccc(Oc2ccc(CNC(=O)C3CC(=O)N(c4cccc(OC)c4)C3)cn2)c1. The highest BCUT2D eigenvalue weighted by Gasteiger charge is 2.35. The number of amides is 2. The summed E-state index contributed by atoms with van der Waals surface area (Å²) in [7, 11) is 3.17. The summed E-state index contributed by atoms with van der Waals surface area (Å²) in [6, 6.07) is 18.1. The minimum atomic E-state index is -0.410. The van der Waals surface area contributed by atoms with Gasteiger partial charge in [0.1, 0.15) is 17.2 Å². The van der Waals surface area contributed by atoms with Gasteiger partial charge in [0.05, 0.1) is 20.1 Å². The van der Waals surface area contributed by atoms with E-state index in [1.54, 1.807) is 43.5 Å². The number of benzene rings is 2. The molecule has 0 aliphatic carbocycles. The first-order valence-electron chi connectivity index (χ1n) is 10.5. The number of carbonyl (C=O) groups is 2. The van der Waals surface area contributed by atoms with Gasteiger partial charge < -0.3 is 24.4 Å². The van der Waals surface area contributed by atoms with Gasteiger partial charge in [0.25, 0.3) is 0 Å². The fourth-order valence-corrected chi connectivity index (χ4v) is 3.61. The molecule has 33 heavy (non-hydrogen) atoms. The van der Waals surface area contributed by atoms with Crippen molar-refractivity contribution >= 4 is 17.5 Å². The van der Waals surface area contributed by atoms with Gasteiger partial charge in [-0.2, -0.15) is 0 Å². The van der Waals surface area contributed by atoms with Crippen LogP contribution in [-0.2, 0) is 16.1 Å². The molecule has 0 radical (unpaired) electrons. The first kappa shape index (κ1) is 22.1. The fraction of sp³-hybridized carbons (Fsp3) is 0.240. The lowest BCUT2D eigenvalue weighted by Gasteiger charge is -2.17. The maximum absolute atomic E-state index is 12.7. The van der Waals surface area contributed by atoms with E-state index in [4.69, 9.17) is 14.2 Å². The molecular weight excluding hydrogens is 422 g/mol. The average Bonchev–Trinajstić information content (AvgIpc) is 3.25. The Hall–Kier alpha value is -4.07. The number of methoxy groups -OCH3 is 2. The van der Waals surface area contributed by atoms with Crippen LogP contribution in [-0.4, -0.2) is 37.6 Å². The van der Waals surface area contributed by atoms with Crippen molar-refractivity contribution < 1.29 is 23.8 Å². The van der Waals surface area contributed by atoms with E-state index in [2.05, 4.69) is 10.3 Å². The third-order valence-electron chi connectivity index (χ3n) is 5.39. The number of anilines is 1. The molecule has 2 aromatic carbocycles. The van der Waals surface area contributed by atoms with Crippen LogP contribution < -0.4 is 24.4 Å². The van der Waals surface area contributed by atoms with Gasteiger partial charge in [-0.25, -0.2) is 4.98 Å². The predicted octanol–water partition coefficient (Wildman–Crippen LogP) is 3.56. The zero-order chi connectivity index (χ0) is 23.2. The van der Waals surface area contributed by atoms with Crippen molar-refractivity contribution in [3.63, 3.8) is 0 Å². The standard InChI is InChI=1S/C25H25N3O5/c1-31-20-6-3-5-19(12-20)28-16-18(11-24(28)29)25(30)27-15-17-9-10-23(26-14-17)33-22-8-4-7-21(13-22)32-2/h3-10,12-14,18H,11,15-16H2,1-2H3,(H,27,30). The molecule has 2 amide bonds. The van der Waals surface area contributed by atoms with Crippen molar-refractivity contribution in [2.75, 3.05) is 25.7 Å². The number of carbonyl (C=O) groups excluding carboxylic acids is 2. The van der Waals surface area contributed by atoms with Gasteiger partial charge in [0.15, 0.2) is 0 Å². The number of hydrogen-bond donors (Lipinski definition) is 1. The lowest BCUT2D eigenvalue weighted by Crippen LogP contribution is -2.32. The third-order valence-corrected chi connectivity index (χ3v) is 5.39. The highest BCUT2D eigenvalue weighted by Crippen LogP contribution is 2.28. The van der Waals surface area contributed by atoms with Crippen LogP contribution >= 0.6 is 0 Å². The van der Waals surface area contributed by atoms with Crippen molar-refractivity contribution in [2.45, 2.75) is 13.0 Å². The minimum absolute atomic E-state index is 0.0795. The second-order valence-electron chi connectivity index (χ2n) is 7.61. The summed E-state index contributed by atoms with van der Waals surface area (Å²) < 4.78 is 16.1. The average molecular weight is 447 g/mol. The smallest absolute Gasteiger partial charge is 0.227 e. The summed E-state index contributed by atoms with van der Waals surface area (Å²) in [6.07, 6.45) is 1.83. The Morgan fingerprint density at radius 2 is 1.76 bits per heavy atom. The van der Waals surface area contributed by atoms with Gasteiger partial charge >= 0.3 is 0 Å². The molecule has 0 spiro atoms. The maximum Gasteiger partial charge on any atom is 0.227 e. The van der Waals surface area contributed by atoms with Crippen LogP contribution in [0.5, 0.6) is 23.1 Å². The summed E-state index contributed by atoms with van der Waals surface area (Å²) in [4.78, 5) is 31.0. The van der Waals surface area contributed by atoms with Gasteiger partial charge in [-0.3, -0.25) is 9.59 Å². The second-order valence-corrected chi connectivity index (χ2v) is 7.61. The van der Waals surface area contributed by atoms with Crippen LogP contribution in [0, 0.1) is 5.92 Å². The summed E-state index contributed by atoms with van der Waals surface area (Å²) in [5.41, 5.74) is 1.56. The molecule has 2 heterocycles. The third kappa shape index (κ3) is 5.41. The molecule has 1 aromatic heterocycles. The number of hydrogen-bond acceptors (Lipinski definition) is 6. The van der Waals surface area contributed by atoms with Crippen LogP contribution in [0.3, 0.4) is 0 Å². The normalized spacial score (nSPS) is 15.3. The molecule has 1 unspecified atom stereocenters. The number of pyridine rings is 1. The van der Waals surface area contributed by atoms with Crippen molar-refractivity contribution in [2.24, 2.45) is 5.92 Å². The first-order valence-corrected chi connectivity index (χ1v) is 10.5. The molecule has 1 aliphatic heterocycles. The monoisotopic (exact) mass is 447 g/mol. The molecular formula is C25H25N3O5. The molecule has 8 heteroatoms. The second kappa shape index (κ2) is 10.0. The van der Waals surface area contributed by atoms with Crippen LogP contribution in [0.15, 0.2) is 66.9 Å². The Kier molecular flexibility index (Phi) is 6.73. The van der Waals surface area contributed by atoms with E-state index in [1.165, 1.54) is 0 Å². The van der Waals surface area contributed by atoms with E-state index >= 15 is 0 Å². The zero-order valence-corrected chi connectivity index (χ0v) is 18.5. The molecule has 8 nitrogen and oxygen atoms in total. The first-order chi connectivity index (χ1) is 16.1. The Labute approximate surface area is 192 Å². The molecule has 1 saturated heterocycles. The lowest BCUT2D eigenvalue weighted by molar-refractivity contribution is -0.126. The van der Waals surface area contributed by atoms with E-state index in [0.717, 1.165) is 11.3 Å². The molecule has 0 bridgehead atoms. The largest absolute Gasteiger partial charge is 0.497 e. The van der Waals surface area contributed by atoms with E-state index in [0.29, 0.717) is 36.2 Å². The Bertz CT molecular complexity index is 1130. The van der Waals surface area contributed by atoms with Crippen molar-refractivity contribution in [3.8, 4) is 23.1 Å². The fourth-order valence-electron chi connectivity index (χ4n) is 3.61. The van der Waals surface area contributed by atoms with Crippen LogP contribution in [0.1, 0.15) is 12.0 Å². The zero-order valence-electron chi connectivity index (χ0n) is 18.5. The summed E-state index contributed by atoms with van der Waals surface area (Å²) >= 11 is 0. The number of rotatable bonds is 8. The van der Waals surface area contributed by atoms with Gasteiger partial charge in [-0.1, -0.05) is 18.2 Å². The van der Waals surface area contributed by atoms with Crippen molar-refractivity contribution in [1.82, 2.24) is 10.3 Å². The highest BCUT2D eigenvalue weighted by molar-refractivity contribution is 6.00. The Morgan fingerprint density at radius 3 is 2.48 bits per heavy atom. The predicted molar refractivity (Wildman–Crippen MR) is 123 cm³/mol.